The second-order valence-electron chi connectivity index (χ2n) is 8.45. The van der Waals surface area contributed by atoms with Crippen LogP contribution in [0.1, 0.15) is 41.9 Å². The molecule has 5 rings (SSSR count). The van der Waals surface area contributed by atoms with Gasteiger partial charge in [-0.2, -0.15) is 0 Å². The number of carbonyl (C=O) groups is 2. The van der Waals surface area contributed by atoms with Crippen LogP contribution in [0.2, 0.25) is 0 Å². The zero-order chi connectivity index (χ0) is 24.9. The number of ether oxygens (including phenoxy) is 2. The summed E-state index contributed by atoms with van der Waals surface area (Å²) in [5, 5.41) is 5.74. The second-order valence-corrected chi connectivity index (χ2v) is 8.45. The molecule has 10 nitrogen and oxygen atoms in total. The van der Waals surface area contributed by atoms with Crippen molar-refractivity contribution in [1.82, 2.24) is 24.8 Å². The average molecular weight is 487 g/mol. The van der Waals surface area contributed by atoms with Gasteiger partial charge in [0.15, 0.2) is 17.0 Å². The van der Waals surface area contributed by atoms with Crippen LogP contribution in [0.4, 0.5) is 10.6 Å². The number of rotatable bonds is 7. The van der Waals surface area contributed by atoms with E-state index in [0.29, 0.717) is 35.4 Å². The number of anilines is 1. The highest BCUT2D eigenvalue weighted by Crippen LogP contribution is 2.33. The fourth-order valence-electron chi connectivity index (χ4n) is 4.27. The average Bonchev–Trinajstić information content (AvgIpc) is 3.53. The number of fused-ring (bicyclic) bond motifs is 1. The maximum absolute atomic E-state index is 12.6. The van der Waals surface area contributed by atoms with Gasteiger partial charge in [-0.3, -0.25) is 9.36 Å². The molecule has 0 radical (unpaired) electrons. The first-order chi connectivity index (χ1) is 17.6. The summed E-state index contributed by atoms with van der Waals surface area (Å²) >= 11 is 0. The van der Waals surface area contributed by atoms with Crippen molar-refractivity contribution in [2.24, 2.45) is 0 Å². The van der Waals surface area contributed by atoms with Gasteiger partial charge in [0.1, 0.15) is 19.2 Å². The predicted molar refractivity (Wildman–Crippen MR) is 132 cm³/mol. The number of nitrogens with zero attached hydrogens (tertiary/aromatic N) is 4. The van der Waals surface area contributed by atoms with Crippen LogP contribution < -0.4 is 10.6 Å². The third kappa shape index (κ3) is 5.03. The number of amides is 2. The van der Waals surface area contributed by atoms with Crippen molar-refractivity contribution in [2.45, 2.75) is 44.7 Å². The zero-order valence-electron chi connectivity index (χ0n) is 19.7. The molecule has 0 spiro atoms. The number of hydrogen-bond donors (Lipinski definition) is 2. The van der Waals surface area contributed by atoms with E-state index in [4.69, 9.17) is 9.47 Å². The lowest BCUT2D eigenvalue weighted by Crippen LogP contribution is -2.40. The van der Waals surface area contributed by atoms with Crippen molar-refractivity contribution in [3.8, 4) is 0 Å². The van der Waals surface area contributed by atoms with Crippen LogP contribution in [0.5, 0.6) is 0 Å². The minimum absolute atomic E-state index is 0.195. The third-order valence-electron chi connectivity index (χ3n) is 6.09. The molecule has 0 aliphatic carbocycles. The molecule has 1 fully saturated rings. The Morgan fingerprint density at radius 3 is 2.56 bits per heavy atom. The van der Waals surface area contributed by atoms with Crippen LogP contribution in [-0.4, -0.2) is 43.7 Å². The van der Waals surface area contributed by atoms with Gasteiger partial charge in [-0.1, -0.05) is 55.5 Å². The van der Waals surface area contributed by atoms with E-state index in [1.54, 1.807) is 35.2 Å². The Balaban J connectivity index is 1.27. The monoisotopic (exact) mass is 486 g/mol. The van der Waals surface area contributed by atoms with Crippen molar-refractivity contribution in [1.29, 1.82) is 0 Å². The largest absolute Gasteiger partial charge is 0.445 e. The van der Waals surface area contributed by atoms with Crippen LogP contribution in [0.3, 0.4) is 0 Å². The molecule has 1 aliphatic heterocycles. The lowest BCUT2D eigenvalue weighted by Gasteiger charge is -2.17. The molecule has 3 atom stereocenters. The fraction of sp³-hybridized carbons (Fsp3) is 0.269. The minimum Gasteiger partial charge on any atom is -0.445 e. The molecule has 3 unspecified atom stereocenters. The molecule has 4 aromatic rings. The van der Waals surface area contributed by atoms with Crippen LogP contribution in [0, 0.1) is 0 Å². The van der Waals surface area contributed by atoms with Gasteiger partial charge in [0.05, 0.1) is 18.5 Å². The van der Waals surface area contributed by atoms with E-state index in [2.05, 4.69) is 25.6 Å². The van der Waals surface area contributed by atoms with Gasteiger partial charge < -0.3 is 20.1 Å². The molecule has 2 amide bonds. The Labute approximate surface area is 207 Å². The maximum atomic E-state index is 12.6. The molecule has 2 aromatic heterocycles. The lowest BCUT2D eigenvalue weighted by molar-refractivity contribution is -0.00130. The van der Waals surface area contributed by atoms with E-state index in [9.17, 15) is 9.59 Å². The van der Waals surface area contributed by atoms with Gasteiger partial charge >= 0.3 is 6.09 Å². The van der Waals surface area contributed by atoms with Crippen molar-refractivity contribution >= 4 is 29.0 Å². The summed E-state index contributed by atoms with van der Waals surface area (Å²) < 4.78 is 13.4. The Hall–Kier alpha value is -4.31. The van der Waals surface area contributed by atoms with E-state index >= 15 is 0 Å². The van der Waals surface area contributed by atoms with Crippen LogP contribution in [0.25, 0.3) is 11.2 Å². The van der Waals surface area contributed by atoms with Crippen LogP contribution >= 0.6 is 0 Å². The van der Waals surface area contributed by atoms with Crippen molar-refractivity contribution < 1.29 is 19.1 Å². The summed E-state index contributed by atoms with van der Waals surface area (Å²) in [5.41, 5.74) is 2.42. The Morgan fingerprint density at radius 2 is 1.81 bits per heavy atom. The lowest BCUT2D eigenvalue weighted by atomic mass is 10.1. The number of nitrogens with one attached hydrogen (secondary N) is 2. The Bertz CT molecular complexity index is 1340. The highest BCUT2D eigenvalue weighted by molar-refractivity contribution is 6.06. The summed E-state index contributed by atoms with van der Waals surface area (Å²) in [4.78, 5) is 38.1. The molecule has 10 heteroatoms. The normalized spacial score (nSPS) is 19.2. The highest BCUT2D eigenvalue weighted by atomic mass is 16.6. The topological polar surface area (TPSA) is 120 Å². The van der Waals surface area contributed by atoms with Gasteiger partial charge in [0.25, 0.3) is 5.91 Å². The molecule has 2 aromatic carbocycles. The fourth-order valence-corrected chi connectivity index (χ4v) is 4.27. The molecular weight excluding hydrogens is 460 g/mol. The number of benzene rings is 2. The Kier molecular flexibility index (Phi) is 6.85. The van der Waals surface area contributed by atoms with Gasteiger partial charge in [0.2, 0.25) is 0 Å². The molecule has 3 heterocycles. The van der Waals surface area contributed by atoms with E-state index in [0.717, 1.165) is 5.56 Å². The van der Waals surface area contributed by atoms with Crippen LogP contribution in [-0.2, 0) is 16.1 Å². The summed E-state index contributed by atoms with van der Waals surface area (Å²) in [6, 6.07) is 18.2. The number of imidazole rings is 1. The van der Waals surface area contributed by atoms with Gasteiger partial charge in [-0.15, -0.1) is 0 Å². The summed E-state index contributed by atoms with van der Waals surface area (Å²) in [6.45, 7) is 2.20. The van der Waals surface area contributed by atoms with E-state index in [-0.39, 0.29) is 24.7 Å². The van der Waals surface area contributed by atoms with Gasteiger partial charge in [-0.05, 0) is 24.1 Å². The minimum atomic E-state index is -0.490. The number of carbonyl (C=O) groups excluding carboxylic acids is 2. The SMILES string of the molecule is CCC1OC(n2cnc3c(NC(=O)c4ccccc4)ncnc32)CC1NC(=O)OCc1ccccc1. The van der Waals surface area contributed by atoms with Crippen molar-refractivity contribution in [3.05, 3.63) is 84.4 Å². The predicted octanol–water partition coefficient (Wildman–Crippen LogP) is 4.07. The first kappa shape index (κ1) is 23.4. The van der Waals surface area contributed by atoms with Crippen molar-refractivity contribution in [3.63, 3.8) is 0 Å². The van der Waals surface area contributed by atoms with E-state index in [1.807, 2.05) is 43.3 Å². The Morgan fingerprint density at radius 1 is 1.06 bits per heavy atom. The third-order valence-corrected chi connectivity index (χ3v) is 6.09. The van der Waals surface area contributed by atoms with Gasteiger partial charge in [0, 0.05) is 12.0 Å². The van der Waals surface area contributed by atoms with Crippen molar-refractivity contribution in [2.75, 3.05) is 5.32 Å². The molecule has 1 aliphatic rings. The maximum Gasteiger partial charge on any atom is 0.407 e. The standard InChI is InChI=1S/C26H26N6O4/c1-2-20-19(30-26(34)35-14-17-9-5-3-6-10-17)13-21(36-20)32-16-29-22-23(27-15-28-24(22)32)31-25(33)18-11-7-4-8-12-18/h3-12,15-16,19-21H,2,13-14H2,1H3,(H,30,34)(H,27,28,31,33). The number of hydrogen-bond acceptors (Lipinski definition) is 7. The first-order valence-electron chi connectivity index (χ1n) is 11.8. The van der Waals surface area contributed by atoms with E-state index in [1.165, 1.54) is 6.33 Å². The second kappa shape index (κ2) is 10.5. The molecule has 0 saturated carbocycles. The molecule has 184 valence electrons. The summed E-state index contributed by atoms with van der Waals surface area (Å²) in [7, 11) is 0. The summed E-state index contributed by atoms with van der Waals surface area (Å²) in [6.07, 6.45) is 3.13. The van der Waals surface area contributed by atoms with Crippen LogP contribution in [0.15, 0.2) is 73.3 Å². The molecular formula is C26H26N6O4. The highest BCUT2D eigenvalue weighted by Gasteiger charge is 2.37. The summed E-state index contributed by atoms with van der Waals surface area (Å²) in [5.74, 6) is 0.0309. The number of alkyl carbamates (subject to hydrolysis) is 1. The number of aromatic nitrogens is 4. The van der Waals surface area contributed by atoms with Gasteiger partial charge in [-0.25, -0.2) is 19.7 Å². The first-order valence-corrected chi connectivity index (χ1v) is 11.8. The zero-order valence-corrected chi connectivity index (χ0v) is 19.7. The van der Waals surface area contributed by atoms with E-state index < -0.39 is 12.3 Å². The smallest absolute Gasteiger partial charge is 0.407 e. The molecule has 0 bridgehead atoms. The molecule has 1 saturated heterocycles. The molecule has 36 heavy (non-hydrogen) atoms. The quantitative estimate of drug-likeness (QED) is 0.404. The molecule has 2 N–H and O–H groups in total.